The van der Waals surface area contributed by atoms with Crippen LogP contribution >= 0.6 is 0 Å². The zero-order valence-corrected chi connectivity index (χ0v) is 23.3. The third kappa shape index (κ3) is 2.86. The van der Waals surface area contributed by atoms with E-state index in [4.69, 9.17) is 9.73 Å². The molecular weight excluding hydrogens is 480 g/mol. The van der Waals surface area contributed by atoms with Gasteiger partial charge in [-0.15, -0.1) is 0 Å². The van der Waals surface area contributed by atoms with Crippen LogP contribution in [0, 0.1) is 5.92 Å². The monoisotopic (exact) mass is 515 g/mol. The molecule has 5 unspecified atom stereocenters. The molecule has 4 heteroatoms. The van der Waals surface area contributed by atoms with Crippen molar-refractivity contribution in [2.24, 2.45) is 10.9 Å². The molecular formula is C35H35N2O2+. The largest absolute Gasteiger partial charge is 0.362 e. The minimum Gasteiger partial charge on any atom is -0.362 e. The van der Waals surface area contributed by atoms with Crippen molar-refractivity contribution in [2.45, 2.75) is 69.2 Å². The molecule has 196 valence electrons. The highest BCUT2D eigenvalue weighted by molar-refractivity contribution is 6.12. The fraction of sp³-hybridized carbons (Fsp3) is 0.371. The second-order valence-corrected chi connectivity index (χ2v) is 13.0. The molecule has 8 rings (SSSR count). The van der Waals surface area contributed by atoms with Gasteiger partial charge in [0.15, 0.2) is 12.1 Å². The average Bonchev–Trinajstić information content (AvgIpc) is 3.48. The average molecular weight is 516 g/mol. The van der Waals surface area contributed by atoms with Gasteiger partial charge in [-0.05, 0) is 62.2 Å². The summed E-state index contributed by atoms with van der Waals surface area (Å²) in [7, 11) is 1.64. The Labute approximate surface area is 229 Å². The Hall–Kier alpha value is -3.34. The highest BCUT2D eigenvalue weighted by atomic mass is 16.6. The summed E-state index contributed by atoms with van der Waals surface area (Å²) in [5.74, 6) is -0.705. The molecule has 0 bridgehead atoms. The number of ether oxygens (including phenoxy) is 1. The highest BCUT2D eigenvalue weighted by Crippen LogP contribution is 2.62. The lowest BCUT2D eigenvalue weighted by molar-refractivity contribution is -0.443. The van der Waals surface area contributed by atoms with Crippen molar-refractivity contribution in [2.75, 3.05) is 7.11 Å². The molecule has 0 aromatic heterocycles. The Morgan fingerprint density at radius 1 is 0.974 bits per heavy atom. The van der Waals surface area contributed by atoms with Gasteiger partial charge in [-0.1, -0.05) is 93.4 Å². The van der Waals surface area contributed by atoms with Crippen molar-refractivity contribution in [3.63, 3.8) is 0 Å². The molecule has 4 aromatic rings. The molecule has 0 spiro atoms. The van der Waals surface area contributed by atoms with Crippen LogP contribution in [0.5, 0.6) is 0 Å². The fourth-order valence-corrected chi connectivity index (χ4v) is 8.40. The molecule has 1 saturated carbocycles. The molecule has 0 amide bonds. The summed E-state index contributed by atoms with van der Waals surface area (Å²) in [6.45, 7) is 9.29. The molecule has 0 saturated heterocycles. The molecule has 1 N–H and O–H groups in total. The second kappa shape index (κ2) is 7.65. The molecule has 4 aliphatic rings. The number of hydrogen-bond donors (Lipinski definition) is 1. The van der Waals surface area contributed by atoms with E-state index in [-0.39, 0.29) is 29.3 Å². The van der Waals surface area contributed by atoms with Gasteiger partial charge in [0.2, 0.25) is 5.79 Å². The number of hydrogen-bond acceptors (Lipinski definition) is 3. The SMILES string of the molecule is COC1(O)C2c3c(cc(CC(C)C)c4ccccc34)C3=[N+](C=NC4C3c3ccc5ccccc5c3C4(C)C)C21. The van der Waals surface area contributed by atoms with Gasteiger partial charge in [0, 0.05) is 18.1 Å². The summed E-state index contributed by atoms with van der Waals surface area (Å²) in [4.78, 5) is 5.25. The molecule has 5 atom stereocenters. The lowest BCUT2D eigenvalue weighted by Crippen LogP contribution is -2.44. The summed E-state index contributed by atoms with van der Waals surface area (Å²) in [6.07, 6.45) is 3.03. The standard InChI is InChI=1S/C35H35N2O2/c1-19(2)16-21-17-26-27(24-13-9-8-11-22(21)24)30-33(35(30,38)39-5)37-18-36-32-28(31(26)37)25-15-14-20-10-6-7-12-23(20)29(25)34(32,3)4/h6-15,17-19,28,30,32-33,38H,16H2,1-5H3/q+1. The fourth-order valence-electron chi connectivity index (χ4n) is 8.40. The number of aliphatic imine (C=N–C) groups is 1. The van der Waals surface area contributed by atoms with Crippen molar-refractivity contribution in [1.82, 2.24) is 0 Å². The van der Waals surface area contributed by atoms with E-state index in [1.165, 1.54) is 55.1 Å². The summed E-state index contributed by atoms with van der Waals surface area (Å²) < 4.78 is 8.13. The second-order valence-electron chi connectivity index (χ2n) is 13.0. The van der Waals surface area contributed by atoms with Gasteiger partial charge >= 0.3 is 0 Å². The number of aliphatic hydroxyl groups is 1. The summed E-state index contributed by atoms with van der Waals surface area (Å²) in [5, 5.41) is 16.9. The third-order valence-electron chi connectivity index (χ3n) is 10.0. The molecule has 4 aromatic carbocycles. The molecule has 2 aliphatic carbocycles. The minimum absolute atomic E-state index is 0.0864. The van der Waals surface area contributed by atoms with E-state index in [2.05, 4.69) is 99.0 Å². The van der Waals surface area contributed by atoms with Crippen molar-refractivity contribution in [3.8, 4) is 0 Å². The van der Waals surface area contributed by atoms with Crippen LogP contribution in [0.25, 0.3) is 21.5 Å². The predicted octanol–water partition coefficient (Wildman–Crippen LogP) is 6.29. The van der Waals surface area contributed by atoms with E-state index in [1.807, 2.05) is 6.34 Å². The first kappa shape index (κ1) is 23.5. The van der Waals surface area contributed by atoms with Gasteiger partial charge in [-0.3, -0.25) is 0 Å². The topological polar surface area (TPSA) is 44.8 Å². The Morgan fingerprint density at radius 3 is 2.44 bits per heavy atom. The van der Waals surface area contributed by atoms with E-state index < -0.39 is 5.79 Å². The third-order valence-corrected chi connectivity index (χ3v) is 10.0. The van der Waals surface area contributed by atoms with Crippen molar-refractivity contribution < 1.29 is 14.4 Å². The number of benzene rings is 4. The van der Waals surface area contributed by atoms with Gasteiger partial charge in [0.25, 0.3) is 6.34 Å². The van der Waals surface area contributed by atoms with Crippen molar-refractivity contribution >= 4 is 33.6 Å². The van der Waals surface area contributed by atoms with Crippen LogP contribution in [0.15, 0.2) is 71.7 Å². The Balaban J connectivity index is 1.46. The van der Waals surface area contributed by atoms with Gasteiger partial charge in [-0.2, -0.15) is 0 Å². The molecule has 4 nitrogen and oxygen atoms in total. The predicted molar refractivity (Wildman–Crippen MR) is 157 cm³/mol. The van der Waals surface area contributed by atoms with Crippen LogP contribution in [0.4, 0.5) is 0 Å². The first-order chi connectivity index (χ1) is 18.8. The molecule has 2 heterocycles. The maximum absolute atomic E-state index is 11.8. The van der Waals surface area contributed by atoms with E-state index in [0.29, 0.717) is 5.92 Å². The minimum atomic E-state index is -1.24. The van der Waals surface area contributed by atoms with Gasteiger partial charge < -0.3 is 9.84 Å². The Bertz CT molecular complexity index is 1780. The first-order valence-electron chi connectivity index (χ1n) is 14.3. The lowest BCUT2D eigenvalue weighted by Gasteiger charge is -2.31. The summed E-state index contributed by atoms with van der Waals surface area (Å²) in [6, 6.07) is 24.5. The molecule has 1 fully saturated rings. The van der Waals surface area contributed by atoms with Crippen LogP contribution in [0.3, 0.4) is 0 Å². The maximum atomic E-state index is 11.8. The number of rotatable bonds is 3. The lowest BCUT2D eigenvalue weighted by atomic mass is 9.76. The zero-order chi connectivity index (χ0) is 26.8. The zero-order valence-electron chi connectivity index (χ0n) is 23.3. The molecule has 2 aliphatic heterocycles. The Morgan fingerprint density at radius 2 is 1.69 bits per heavy atom. The summed E-state index contributed by atoms with van der Waals surface area (Å²) >= 11 is 0. The molecule has 0 radical (unpaired) electrons. The van der Waals surface area contributed by atoms with E-state index in [9.17, 15) is 5.11 Å². The molecule has 39 heavy (non-hydrogen) atoms. The van der Waals surface area contributed by atoms with Crippen LogP contribution in [0.1, 0.15) is 67.3 Å². The van der Waals surface area contributed by atoms with E-state index >= 15 is 0 Å². The highest BCUT2D eigenvalue weighted by Gasteiger charge is 2.75. The van der Waals surface area contributed by atoms with Gasteiger partial charge in [0.05, 0.1) is 11.8 Å². The van der Waals surface area contributed by atoms with Crippen molar-refractivity contribution in [3.05, 3.63) is 94.5 Å². The van der Waals surface area contributed by atoms with Crippen LogP contribution in [-0.4, -0.2) is 46.7 Å². The van der Waals surface area contributed by atoms with E-state index in [0.717, 1.165) is 6.42 Å². The van der Waals surface area contributed by atoms with Crippen LogP contribution < -0.4 is 0 Å². The number of nitrogens with zero attached hydrogens (tertiary/aromatic N) is 2. The summed E-state index contributed by atoms with van der Waals surface area (Å²) in [5.41, 5.74) is 7.79. The van der Waals surface area contributed by atoms with Gasteiger partial charge in [0.1, 0.15) is 5.71 Å². The van der Waals surface area contributed by atoms with Crippen molar-refractivity contribution in [1.29, 1.82) is 0 Å². The maximum Gasteiger partial charge on any atom is 0.281 e. The van der Waals surface area contributed by atoms with Gasteiger partial charge in [-0.25, -0.2) is 4.58 Å². The number of methoxy groups -OCH3 is 1. The van der Waals surface area contributed by atoms with Crippen LogP contribution in [0.2, 0.25) is 0 Å². The Kier molecular flexibility index (Phi) is 4.62. The normalized spacial score (nSPS) is 29.3. The quantitative estimate of drug-likeness (QED) is 0.257. The number of fused-ring (bicyclic) bond motifs is 13. The van der Waals surface area contributed by atoms with E-state index in [1.54, 1.807) is 7.11 Å². The smallest absolute Gasteiger partial charge is 0.281 e. The first-order valence-corrected chi connectivity index (χ1v) is 14.3. The van der Waals surface area contributed by atoms with Crippen LogP contribution in [-0.2, 0) is 16.6 Å².